The average molecular weight is 512 g/mol. The van der Waals surface area contributed by atoms with Gasteiger partial charge in [0.2, 0.25) is 5.91 Å². The summed E-state index contributed by atoms with van der Waals surface area (Å²) in [5, 5.41) is 12.8. The Morgan fingerprint density at radius 3 is 2.22 bits per heavy atom. The van der Waals surface area contributed by atoms with Crippen LogP contribution in [0, 0.1) is 17.8 Å². The number of fused-ring (bicyclic) bond motifs is 3. The van der Waals surface area contributed by atoms with Crippen molar-refractivity contribution in [2.75, 3.05) is 20.2 Å². The quantitative estimate of drug-likeness (QED) is 0.536. The molecule has 0 spiro atoms. The van der Waals surface area contributed by atoms with E-state index in [9.17, 15) is 14.4 Å². The minimum atomic E-state index is -0.846. The molecule has 37 heavy (non-hydrogen) atoms. The number of nitrogens with one attached hydrogen (secondary N) is 2. The second-order valence-electron chi connectivity index (χ2n) is 11.5. The van der Waals surface area contributed by atoms with Crippen molar-refractivity contribution in [1.29, 1.82) is 0 Å². The maximum Gasteiger partial charge on any atom is 0.255 e. The predicted octanol–water partition coefficient (Wildman–Crippen LogP) is 3.16. The molecule has 3 aliphatic carbocycles. The maximum absolute atomic E-state index is 12.8. The standard InChI is InChI=1S/C19H20N2O4.C9H17N.CH4O/c22-16-12-8-19(9-12,18(24)20-16)21-10-11-7-14(5-6-15(11)17(21)23)25-13-3-1-2-4-13;1-2-4-8(5-3-1)9-6-10-7-9;1-2/h5-7,12-13H,1-4,8-10H2,(H,20,22,24);8-10H,1-7H2;2H,1H3. The van der Waals surface area contributed by atoms with Crippen LogP contribution in [0.3, 0.4) is 0 Å². The first-order valence-electron chi connectivity index (χ1n) is 14.2. The average Bonchev–Trinajstić information content (AvgIpc) is 3.47. The summed E-state index contributed by atoms with van der Waals surface area (Å²) < 4.78 is 6.03. The summed E-state index contributed by atoms with van der Waals surface area (Å²) in [5.41, 5.74) is 0.700. The Morgan fingerprint density at radius 1 is 0.919 bits per heavy atom. The number of carbonyl (C=O) groups is 3. The first kappa shape index (κ1) is 26.2. The van der Waals surface area contributed by atoms with Gasteiger partial charge in [0.15, 0.2) is 0 Å². The Balaban J connectivity index is 0.000000195. The molecule has 8 rings (SSSR count). The number of carbonyl (C=O) groups excluding carboxylic acids is 3. The molecule has 4 heterocycles. The zero-order valence-corrected chi connectivity index (χ0v) is 22.0. The van der Waals surface area contributed by atoms with Gasteiger partial charge in [-0.3, -0.25) is 19.7 Å². The van der Waals surface area contributed by atoms with Crippen LogP contribution in [0.5, 0.6) is 5.75 Å². The van der Waals surface area contributed by atoms with Crippen LogP contribution in [0.15, 0.2) is 18.2 Å². The van der Waals surface area contributed by atoms with Crippen molar-refractivity contribution in [1.82, 2.24) is 15.5 Å². The van der Waals surface area contributed by atoms with E-state index < -0.39 is 5.54 Å². The van der Waals surface area contributed by atoms with Gasteiger partial charge in [-0.2, -0.15) is 0 Å². The van der Waals surface area contributed by atoms with Gasteiger partial charge in [0.25, 0.3) is 11.8 Å². The highest BCUT2D eigenvalue weighted by atomic mass is 16.5. The van der Waals surface area contributed by atoms with E-state index in [0.717, 1.165) is 43.1 Å². The van der Waals surface area contributed by atoms with Gasteiger partial charge in [-0.15, -0.1) is 0 Å². The highest BCUT2D eigenvalue weighted by Crippen LogP contribution is 2.49. The van der Waals surface area contributed by atoms with Crippen LogP contribution in [-0.2, 0) is 16.1 Å². The van der Waals surface area contributed by atoms with Gasteiger partial charge in [-0.25, -0.2) is 0 Å². The fourth-order valence-corrected chi connectivity index (χ4v) is 6.96. The lowest BCUT2D eigenvalue weighted by Gasteiger charge is -2.53. The molecule has 1 aromatic carbocycles. The van der Waals surface area contributed by atoms with Gasteiger partial charge >= 0.3 is 0 Å². The monoisotopic (exact) mass is 511 g/mol. The van der Waals surface area contributed by atoms with E-state index in [1.54, 1.807) is 11.0 Å². The molecular weight excluding hydrogens is 470 g/mol. The van der Waals surface area contributed by atoms with Crippen LogP contribution >= 0.6 is 0 Å². The number of amides is 3. The highest BCUT2D eigenvalue weighted by Gasteiger charge is 2.62. The number of benzene rings is 1. The van der Waals surface area contributed by atoms with Crippen molar-refractivity contribution in [2.24, 2.45) is 17.8 Å². The minimum absolute atomic E-state index is 0.120. The fraction of sp³-hybridized carbons (Fsp3) is 0.690. The van der Waals surface area contributed by atoms with Crippen LogP contribution in [0.2, 0.25) is 0 Å². The number of hydrogen-bond donors (Lipinski definition) is 3. The van der Waals surface area contributed by atoms with E-state index in [0.29, 0.717) is 24.9 Å². The Morgan fingerprint density at radius 2 is 1.59 bits per heavy atom. The number of rotatable bonds is 4. The Bertz CT molecular complexity index is 1000. The predicted molar refractivity (Wildman–Crippen MR) is 139 cm³/mol. The van der Waals surface area contributed by atoms with Crippen LogP contribution in [0.1, 0.15) is 86.6 Å². The normalized spacial score (nSPS) is 29.2. The van der Waals surface area contributed by atoms with E-state index in [1.807, 2.05) is 12.1 Å². The molecule has 3 saturated carbocycles. The summed E-state index contributed by atoms with van der Waals surface area (Å²) in [6, 6.07) is 5.59. The van der Waals surface area contributed by atoms with Crippen molar-refractivity contribution in [3.05, 3.63) is 29.3 Å². The Labute approximate surface area is 219 Å². The van der Waals surface area contributed by atoms with Crippen molar-refractivity contribution in [2.45, 2.75) is 88.8 Å². The van der Waals surface area contributed by atoms with Crippen molar-refractivity contribution < 1.29 is 24.2 Å². The second kappa shape index (κ2) is 11.1. The van der Waals surface area contributed by atoms with Gasteiger partial charge in [0.1, 0.15) is 11.3 Å². The third kappa shape index (κ3) is 5.02. The summed E-state index contributed by atoms with van der Waals surface area (Å²) in [6.45, 7) is 3.03. The smallest absolute Gasteiger partial charge is 0.255 e. The Kier molecular flexibility index (Phi) is 7.86. The summed E-state index contributed by atoms with van der Waals surface area (Å²) in [5.74, 6) is 2.15. The molecule has 3 N–H and O–H groups in total. The van der Waals surface area contributed by atoms with E-state index in [1.165, 1.54) is 58.0 Å². The van der Waals surface area contributed by atoms with Crippen LogP contribution < -0.4 is 15.4 Å². The van der Waals surface area contributed by atoms with E-state index in [2.05, 4.69) is 10.6 Å². The van der Waals surface area contributed by atoms with Crippen LogP contribution in [0.25, 0.3) is 0 Å². The van der Waals surface area contributed by atoms with Gasteiger partial charge in [-0.05, 0) is 87.2 Å². The number of piperidine rings is 2. The zero-order valence-electron chi connectivity index (χ0n) is 22.0. The number of imide groups is 1. The third-order valence-electron chi connectivity index (χ3n) is 9.33. The maximum atomic E-state index is 12.8. The molecule has 6 fully saturated rings. The molecule has 7 aliphatic rings. The topological polar surface area (TPSA) is 108 Å². The summed E-state index contributed by atoms with van der Waals surface area (Å²) in [6.07, 6.45) is 13.3. The van der Waals surface area contributed by atoms with Gasteiger partial charge in [0, 0.05) is 25.1 Å². The second-order valence-corrected chi connectivity index (χ2v) is 11.5. The molecule has 8 nitrogen and oxygen atoms in total. The molecule has 8 heteroatoms. The number of nitrogens with zero attached hydrogens (tertiary/aromatic N) is 1. The minimum Gasteiger partial charge on any atom is -0.490 e. The lowest BCUT2D eigenvalue weighted by atomic mass is 9.63. The highest BCUT2D eigenvalue weighted by molar-refractivity contribution is 6.10. The fourth-order valence-electron chi connectivity index (χ4n) is 6.96. The molecule has 0 atom stereocenters. The molecule has 202 valence electrons. The largest absolute Gasteiger partial charge is 0.490 e. The number of hydrogen-bond acceptors (Lipinski definition) is 6. The molecule has 2 bridgehead atoms. The SMILES string of the molecule is C1CCC(C2CNC2)CC1.CO.O=C1NC(=O)C2(N3Cc4cc(OC5CCCC5)ccc4C3=O)CC1C2. The lowest BCUT2D eigenvalue weighted by Crippen LogP contribution is -2.73. The summed E-state index contributed by atoms with van der Waals surface area (Å²) >= 11 is 0. The molecule has 0 radical (unpaired) electrons. The van der Waals surface area contributed by atoms with Gasteiger partial charge in [-0.1, -0.05) is 32.1 Å². The van der Waals surface area contributed by atoms with Gasteiger partial charge < -0.3 is 20.1 Å². The number of aliphatic hydroxyl groups is 1. The van der Waals surface area contributed by atoms with Gasteiger partial charge in [0.05, 0.1) is 6.10 Å². The van der Waals surface area contributed by atoms with Crippen molar-refractivity contribution >= 4 is 17.7 Å². The zero-order chi connectivity index (χ0) is 26.0. The molecule has 3 saturated heterocycles. The summed E-state index contributed by atoms with van der Waals surface area (Å²) in [4.78, 5) is 38.5. The molecule has 4 aliphatic heterocycles. The molecular formula is C29H41N3O5. The Hall–Kier alpha value is -2.45. The molecule has 3 amide bonds. The van der Waals surface area contributed by atoms with E-state index >= 15 is 0 Å². The molecule has 0 aromatic heterocycles. The van der Waals surface area contributed by atoms with Crippen molar-refractivity contribution in [3.63, 3.8) is 0 Å². The van der Waals surface area contributed by atoms with Crippen LogP contribution in [-0.4, -0.2) is 59.6 Å². The van der Waals surface area contributed by atoms with Crippen molar-refractivity contribution in [3.8, 4) is 5.75 Å². The third-order valence-corrected chi connectivity index (χ3v) is 9.33. The van der Waals surface area contributed by atoms with E-state index in [-0.39, 0.29) is 29.7 Å². The lowest BCUT2D eigenvalue weighted by molar-refractivity contribution is -0.160. The molecule has 0 unspecified atom stereocenters. The van der Waals surface area contributed by atoms with Crippen LogP contribution in [0.4, 0.5) is 0 Å². The summed E-state index contributed by atoms with van der Waals surface area (Å²) in [7, 11) is 1.00. The number of aliphatic hydroxyl groups excluding tert-OH is 1. The number of ether oxygens (including phenoxy) is 1. The van der Waals surface area contributed by atoms with E-state index in [4.69, 9.17) is 9.84 Å². The first-order valence-corrected chi connectivity index (χ1v) is 14.2. The first-order chi connectivity index (χ1) is 18.0. The molecule has 1 aromatic rings.